The van der Waals surface area contributed by atoms with Crippen LogP contribution in [-0.2, 0) is 17.8 Å². The number of carboxylic acids is 1. The molecule has 0 aliphatic rings. The summed E-state index contributed by atoms with van der Waals surface area (Å²) in [5, 5.41) is 11.7. The number of hydrogen-bond acceptors (Lipinski definition) is 3. The van der Waals surface area contributed by atoms with Crippen molar-refractivity contribution in [2.45, 2.75) is 13.0 Å². The van der Waals surface area contributed by atoms with Crippen LogP contribution < -0.4 is 0 Å². The van der Waals surface area contributed by atoms with Crippen LogP contribution in [0.4, 0.5) is 0 Å². The predicted molar refractivity (Wildman–Crippen MR) is 82.4 cm³/mol. The molecule has 0 spiro atoms. The molecule has 0 aliphatic heterocycles. The SMILES string of the molecule is O=C(O)CN(CCc1cccs1)Cc1ccccc1Cl. The maximum absolute atomic E-state index is 11.0. The second-order valence-corrected chi connectivity index (χ2v) is 5.96. The molecule has 1 heterocycles. The number of nitrogens with zero attached hydrogens (tertiary/aromatic N) is 1. The standard InChI is InChI=1S/C15H16ClNO2S/c16-14-6-2-1-4-12(14)10-17(11-15(18)19)8-7-13-5-3-9-20-13/h1-6,9H,7-8,10-11H2,(H,18,19). The molecule has 3 nitrogen and oxygen atoms in total. The van der Waals surface area contributed by atoms with E-state index < -0.39 is 5.97 Å². The minimum atomic E-state index is -0.816. The van der Waals surface area contributed by atoms with Gasteiger partial charge in [0.05, 0.1) is 6.54 Å². The van der Waals surface area contributed by atoms with Crippen LogP contribution in [0.2, 0.25) is 5.02 Å². The van der Waals surface area contributed by atoms with E-state index in [2.05, 4.69) is 6.07 Å². The quantitative estimate of drug-likeness (QED) is 0.850. The summed E-state index contributed by atoms with van der Waals surface area (Å²) in [4.78, 5) is 14.1. The maximum atomic E-state index is 11.0. The van der Waals surface area contributed by atoms with E-state index in [9.17, 15) is 4.79 Å². The minimum Gasteiger partial charge on any atom is -0.480 e. The molecule has 0 saturated carbocycles. The van der Waals surface area contributed by atoms with Gasteiger partial charge in [-0.3, -0.25) is 9.69 Å². The van der Waals surface area contributed by atoms with Crippen molar-refractivity contribution in [1.82, 2.24) is 4.90 Å². The van der Waals surface area contributed by atoms with Crippen molar-refractivity contribution in [2.75, 3.05) is 13.1 Å². The highest BCUT2D eigenvalue weighted by Crippen LogP contribution is 2.17. The van der Waals surface area contributed by atoms with Gasteiger partial charge in [0.2, 0.25) is 0 Å². The molecule has 106 valence electrons. The fourth-order valence-electron chi connectivity index (χ4n) is 2.00. The zero-order valence-electron chi connectivity index (χ0n) is 11.0. The Morgan fingerprint density at radius 2 is 2.05 bits per heavy atom. The molecule has 0 radical (unpaired) electrons. The average Bonchev–Trinajstić information content (AvgIpc) is 2.91. The van der Waals surface area contributed by atoms with Crippen molar-refractivity contribution < 1.29 is 9.90 Å². The zero-order chi connectivity index (χ0) is 14.4. The van der Waals surface area contributed by atoms with Crippen LogP contribution in [0.25, 0.3) is 0 Å². The van der Waals surface area contributed by atoms with Crippen LogP contribution >= 0.6 is 22.9 Å². The Kier molecular flexibility index (Phi) is 5.59. The molecule has 1 aromatic carbocycles. The number of benzene rings is 1. The van der Waals surface area contributed by atoms with Gasteiger partial charge in [-0.1, -0.05) is 35.9 Å². The summed E-state index contributed by atoms with van der Waals surface area (Å²) in [5.41, 5.74) is 0.960. The molecule has 0 fully saturated rings. The molecule has 2 aromatic rings. The monoisotopic (exact) mass is 309 g/mol. The topological polar surface area (TPSA) is 40.5 Å². The summed E-state index contributed by atoms with van der Waals surface area (Å²) in [7, 11) is 0. The minimum absolute atomic E-state index is 0.0244. The van der Waals surface area contributed by atoms with Gasteiger partial charge in [-0.2, -0.15) is 0 Å². The van der Waals surface area contributed by atoms with E-state index in [1.54, 1.807) is 11.3 Å². The third kappa shape index (κ3) is 4.63. The Bertz CT molecular complexity index is 557. The number of carboxylic acid groups (broad SMARTS) is 1. The number of halogens is 1. The molecular formula is C15H16ClNO2S. The third-order valence-corrected chi connectivity index (χ3v) is 4.27. The Labute approximate surface area is 127 Å². The molecule has 0 bridgehead atoms. The molecule has 0 atom stereocenters. The van der Waals surface area contributed by atoms with Crippen LogP contribution in [-0.4, -0.2) is 29.1 Å². The third-order valence-electron chi connectivity index (χ3n) is 2.97. The van der Waals surface area contributed by atoms with Crippen LogP contribution in [0.5, 0.6) is 0 Å². The van der Waals surface area contributed by atoms with E-state index in [0.717, 1.165) is 12.0 Å². The van der Waals surface area contributed by atoms with Gasteiger partial charge in [0.15, 0.2) is 0 Å². The highest BCUT2D eigenvalue weighted by molar-refractivity contribution is 7.09. The van der Waals surface area contributed by atoms with Crippen molar-refractivity contribution in [3.8, 4) is 0 Å². The summed E-state index contributed by atoms with van der Waals surface area (Å²) >= 11 is 7.83. The van der Waals surface area contributed by atoms with Gasteiger partial charge < -0.3 is 5.11 Å². The van der Waals surface area contributed by atoms with Crippen molar-refractivity contribution in [3.05, 3.63) is 57.2 Å². The first-order valence-corrected chi connectivity index (χ1v) is 7.61. The van der Waals surface area contributed by atoms with Crippen molar-refractivity contribution in [2.24, 2.45) is 0 Å². The average molecular weight is 310 g/mol. The molecule has 0 amide bonds. The lowest BCUT2D eigenvalue weighted by atomic mass is 10.2. The Morgan fingerprint density at radius 3 is 2.70 bits per heavy atom. The first kappa shape index (κ1) is 15.0. The van der Waals surface area contributed by atoms with E-state index in [1.807, 2.05) is 40.6 Å². The lowest BCUT2D eigenvalue weighted by molar-refractivity contribution is -0.138. The molecule has 5 heteroatoms. The fourth-order valence-corrected chi connectivity index (χ4v) is 2.89. The lowest BCUT2D eigenvalue weighted by Crippen LogP contribution is -2.31. The van der Waals surface area contributed by atoms with Gasteiger partial charge in [-0.25, -0.2) is 0 Å². The number of thiophene rings is 1. The summed E-state index contributed by atoms with van der Waals surface area (Å²) in [6.07, 6.45) is 0.857. The Hall–Kier alpha value is -1.36. The van der Waals surface area contributed by atoms with Crippen LogP contribution in [0.1, 0.15) is 10.4 Å². The molecule has 20 heavy (non-hydrogen) atoms. The zero-order valence-corrected chi connectivity index (χ0v) is 12.5. The normalized spacial score (nSPS) is 10.9. The Balaban J connectivity index is 1.99. The number of carbonyl (C=O) groups is 1. The van der Waals surface area contributed by atoms with Crippen LogP contribution in [0.3, 0.4) is 0 Å². The fraction of sp³-hybridized carbons (Fsp3) is 0.267. The van der Waals surface area contributed by atoms with E-state index in [1.165, 1.54) is 4.88 Å². The molecule has 0 saturated heterocycles. The molecule has 0 unspecified atom stereocenters. The highest BCUT2D eigenvalue weighted by atomic mass is 35.5. The van der Waals surface area contributed by atoms with Gasteiger partial charge in [0, 0.05) is 23.0 Å². The summed E-state index contributed by atoms with van der Waals surface area (Å²) in [6, 6.07) is 11.6. The van der Waals surface area contributed by atoms with E-state index in [4.69, 9.17) is 16.7 Å². The van der Waals surface area contributed by atoms with E-state index >= 15 is 0 Å². The summed E-state index contributed by atoms with van der Waals surface area (Å²) < 4.78 is 0. The predicted octanol–water partition coefficient (Wildman–Crippen LogP) is 3.53. The number of rotatable bonds is 7. The summed E-state index contributed by atoms with van der Waals surface area (Å²) in [5.74, 6) is -0.816. The number of aliphatic carboxylic acids is 1. The van der Waals surface area contributed by atoms with Gasteiger partial charge in [0.25, 0.3) is 0 Å². The van der Waals surface area contributed by atoms with Gasteiger partial charge in [-0.15, -0.1) is 11.3 Å². The second kappa shape index (κ2) is 7.43. The van der Waals surface area contributed by atoms with Gasteiger partial charge in [0.1, 0.15) is 0 Å². The largest absolute Gasteiger partial charge is 0.480 e. The smallest absolute Gasteiger partial charge is 0.317 e. The van der Waals surface area contributed by atoms with Crippen molar-refractivity contribution in [3.63, 3.8) is 0 Å². The number of hydrogen-bond donors (Lipinski definition) is 1. The van der Waals surface area contributed by atoms with Crippen LogP contribution in [0, 0.1) is 0 Å². The molecule has 2 rings (SSSR count). The first-order chi connectivity index (χ1) is 9.65. The molecule has 1 N–H and O–H groups in total. The van der Waals surface area contributed by atoms with Crippen molar-refractivity contribution in [1.29, 1.82) is 0 Å². The molecular weight excluding hydrogens is 294 g/mol. The first-order valence-electron chi connectivity index (χ1n) is 6.35. The maximum Gasteiger partial charge on any atom is 0.317 e. The lowest BCUT2D eigenvalue weighted by Gasteiger charge is -2.20. The van der Waals surface area contributed by atoms with E-state index in [-0.39, 0.29) is 6.54 Å². The van der Waals surface area contributed by atoms with Crippen LogP contribution in [0.15, 0.2) is 41.8 Å². The van der Waals surface area contributed by atoms with Gasteiger partial charge in [-0.05, 0) is 29.5 Å². The van der Waals surface area contributed by atoms with E-state index in [0.29, 0.717) is 18.1 Å². The Morgan fingerprint density at radius 1 is 1.25 bits per heavy atom. The molecule has 1 aromatic heterocycles. The van der Waals surface area contributed by atoms with Crippen molar-refractivity contribution >= 4 is 28.9 Å². The highest BCUT2D eigenvalue weighted by Gasteiger charge is 2.12. The van der Waals surface area contributed by atoms with Gasteiger partial charge >= 0.3 is 5.97 Å². The summed E-state index contributed by atoms with van der Waals surface area (Å²) in [6.45, 7) is 1.28. The second-order valence-electron chi connectivity index (χ2n) is 4.53. The molecule has 0 aliphatic carbocycles.